The summed E-state index contributed by atoms with van der Waals surface area (Å²) in [5.74, 6) is 0.909. The molecule has 4 heteroatoms. The van der Waals surface area contributed by atoms with Crippen molar-refractivity contribution in [3.8, 4) is 5.75 Å². The van der Waals surface area contributed by atoms with Crippen molar-refractivity contribution in [2.24, 2.45) is 0 Å². The third-order valence-corrected chi connectivity index (χ3v) is 2.83. The molecule has 0 aliphatic rings. The van der Waals surface area contributed by atoms with E-state index in [1.807, 2.05) is 29.6 Å². The molecule has 1 aromatic heterocycles. The highest BCUT2D eigenvalue weighted by molar-refractivity contribution is 7.13. The van der Waals surface area contributed by atoms with E-state index in [4.69, 9.17) is 4.74 Å². The Hall–Kier alpha value is -1.55. The van der Waals surface area contributed by atoms with E-state index in [9.17, 15) is 0 Å². The molecule has 2 rings (SSSR count). The molecule has 1 N–H and O–H groups in total. The summed E-state index contributed by atoms with van der Waals surface area (Å²) in [6.45, 7) is 3.47. The fourth-order valence-corrected chi connectivity index (χ4v) is 1.83. The third kappa shape index (κ3) is 3.24. The summed E-state index contributed by atoms with van der Waals surface area (Å²) in [5.41, 5.74) is 1.24. The van der Waals surface area contributed by atoms with Crippen LogP contribution in [0, 0.1) is 6.92 Å². The molecular formula is C12H16N2OS. The van der Waals surface area contributed by atoms with Gasteiger partial charge in [0.15, 0.2) is 5.13 Å². The van der Waals surface area contributed by atoms with Gasteiger partial charge < -0.3 is 10.1 Å². The van der Waals surface area contributed by atoms with Gasteiger partial charge in [-0.05, 0) is 19.1 Å². The zero-order valence-corrected chi connectivity index (χ0v) is 9.96. The number of nitrogens with zero attached hydrogens (tertiary/aromatic N) is 1. The van der Waals surface area contributed by atoms with Gasteiger partial charge in [-0.15, -0.1) is 11.3 Å². The van der Waals surface area contributed by atoms with Gasteiger partial charge >= 0.3 is 0 Å². The highest BCUT2D eigenvalue weighted by Gasteiger charge is 1.95. The van der Waals surface area contributed by atoms with E-state index in [-0.39, 0.29) is 1.43 Å². The lowest BCUT2D eigenvalue weighted by molar-refractivity contribution is 0.333. The number of nitrogens with one attached hydrogen (secondary N) is 1. The minimum Gasteiger partial charge on any atom is -0.492 e. The lowest BCUT2D eigenvalue weighted by Crippen LogP contribution is -2.11. The maximum absolute atomic E-state index is 5.57. The smallest absolute Gasteiger partial charge is 0.182 e. The number of hydrogen-bond acceptors (Lipinski definition) is 4. The number of benzene rings is 1. The summed E-state index contributed by atoms with van der Waals surface area (Å²) in [4.78, 5) is 4.12. The summed E-state index contributed by atoms with van der Waals surface area (Å²) in [6, 6.07) is 8.06. The van der Waals surface area contributed by atoms with Gasteiger partial charge in [-0.3, -0.25) is 0 Å². The van der Waals surface area contributed by atoms with Crippen molar-refractivity contribution >= 4 is 16.5 Å². The zero-order valence-electron chi connectivity index (χ0n) is 9.14. The van der Waals surface area contributed by atoms with Crippen molar-refractivity contribution < 1.29 is 6.16 Å². The van der Waals surface area contributed by atoms with E-state index < -0.39 is 0 Å². The van der Waals surface area contributed by atoms with Gasteiger partial charge in [-0.2, -0.15) is 0 Å². The van der Waals surface area contributed by atoms with Crippen LogP contribution in [-0.2, 0) is 0 Å². The van der Waals surface area contributed by atoms with Crippen molar-refractivity contribution in [2.45, 2.75) is 6.92 Å². The molecule has 0 atom stereocenters. The van der Waals surface area contributed by atoms with E-state index in [2.05, 4.69) is 17.2 Å². The summed E-state index contributed by atoms with van der Waals surface area (Å²) < 4.78 is 5.57. The second kappa shape index (κ2) is 5.51. The minimum absolute atomic E-state index is 0. The fraction of sp³-hybridized carbons (Fsp3) is 0.250. The van der Waals surface area contributed by atoms with E-state index in [0.29, 0.717) is 6.61 Å². The molecular weight excluding hydrogens is 220 g/mol. The van der Waals surface area contributed by atoms with E-state index in [1.165, 1.54) is 5.56 Å². The number of ether oxygens (including phenoxy) is 1. The minimum atomic E-state index is 0. The number of aromatic nitrogens is 1. The Balaban J connectivity index is 0.00000144. The third-order valence-electron chi connectivity index (χ3n) is 2.10. The predicted molar refractivity (Wildman–Crippen MR) is 69.4 cm³/mol. The Morgan fingerprint density at radius 3 is 2.88 bits per heavy atom. The van der Waals surface area contributed by atoms with Gasteiger partial charge in [0.2, 0.25) is 0 Å². The largest absolute Gasteiger partial charge is 0.492 e. The van der Waals surface area contributed by atoms with E-state index in [0.717, 1.165) is 17.4 Å². The molecule has 0 saturated carbocycles. The maximum Gasteiger partial charge on any atom is 0.182 e. The first-order valence-electron chi connectivity index (χ1n) is 5.17. The van der Waals surface area contributed by atoms with Crippen LogP contribution in [0.4, 0.5) is 5.13 Å². The first-order chi connectivity index (χ1) is 7.84. The van der Waals surface area contributed by atoms with Gasteiger partial charge in [0.1, 0.15) is 12.4 Å². The first kappa shape index (κ1) is 11.0. The van der Waals surface area contributed by atoms with E-state index in [1.54, 1.807) is 17.5 Å². The molecule has 2 aromatic rings. The average Bonchev–Trinajstić information content (AvgIpc) is 2.80. The lowest BCUT2D eigenvalue weighted by Gasteiger charge is -2.06. The molecule has 1 aromatic carbocycles. The molecule has 0 aliphatic heterocycles. The van der Waals surface area contributed by atoms with Gasteiger partial charge in [0.25, 0.3) is 0 Å². The molecule has 3 nitrogen and oxygen atoms in total. The summed E-state index contributed by atoms with van der Waals surface area (Å²) >= 11 is 1.59. The summed E-state index contributed by atoms with van der Waals surface area (Å²) in [7, 11) is 0. The molecule has 0 bridgehead atoms. The quantitative estimate of drug-likeness (QED) is 0.810. The van der Waals surface area contributed by atoms with Crippen molar-refractivity contribution in [3.63, 3.8) is 0 Å². The standard InChI is InChI=1S/C12H14N2OS.H2/c1-10-2-4-11(5-3-10)15-8-6-13-12-14-7-9-16-12;/h2-5,7,9H,6,8H2,1H3,(H,13,14);1H. The van der Waals surface area contributed by atoms with Crippen LogP contribution in [0.1, 0.15) is 6.99 Å². The molecule has 0 radical (unpaired) electrons. The Morgan fingerprint density at radius 1 is 1.38 bits per heavy atom. The molecule has 1 heterocycles. The summed E-state index contributed by atoms with van der Waals surface area (Å²) in [5, 5.41) is 6.07. The molecule has 0 saturated heterocycles. The van der Waals surface area contributed by atoms with Gasteiger partial charge in [0, 0.05) is 13.0 Å². The normalized spacial score (nSPS) is 10.1. The first-order valence-corrected chi connectivity index (χ1v) is 6.05. The van der Waals surface area contributed by atoms with Gasteiger partial charge in [-0.1, -0.05) is 17.7 Å². The molecule has 86 valence electrons. The molecule has 0 aliphatic carbocycles. The average molecular weight is 236 g/mol. The highest BCUT2D eigenvalue weighted by Crippen LogP contribution is 2.12. The molecule has 0 spiro atoms. The van der Waals surface area contributed by atoms with Gasteiger partial charge in [-0.25, -0.2) is 4.98 Å². The Kier molecular flexibility index (Phi) is 3.77. The summed E-state index contributed by atoms with van der Waals surface area (Å²) in [6.07, 6.45) is 1.79. The highest BCUT2D eigenvalue weighted by atomic mass is 32.1. The number of anilines is 1. The Morgan fingerprint density at radius 2 is 2.19 bits per heavy atom. The van der Waals surface area contributed by atoms with Gasteiger partial charge in [0.05, 0.1) is 6.54 Å². The van der Waals surface area contributed by atoms with Crippen LogP contribution in [-0.4, -0.2) is 18.1 Å². The second-order valence-corrected chi connectivity index (χ2v) is 4.32. The van der Waals surface area contributed by atoms with Crippen LogP contribution in [0.3, 0.4) is 0 Å². The van der Waals surface area contributed by atoms with Crippen molar-refractivity contribution in [3.05, 3.63) is 41.4 Å². The molecule has 16 heavy (non-hydrogen) atoms. The number of aryl methyl sites for hydroxylation is 1. The van der Waals surface area contributed by atoms with Crippen LogP contribution in [0.15, 0.2) is 35.8 Å². The maximum atomic E-state index is 5.57. The Bertz CT molecular complexity index is 417. The van der Waals surface area contributed by atoms with Crippen LogP contribution < -0.4 is 10.1 Å². The van der Waals surface area contributed by atoms with Crippen LogP contribution >= 0.6 is 11.3 Å². The topological polar surface area (TPSA) is 34.1 Å². The Labute approximate surface area is 101 Å². The number of rotatable bonds is 5. The number of thiazole rings is 1. The SMILES string of the molecule is Cc1ccc(OCCNc2nccs2)cc1.[HH]. The molecule has 0 fully saturated rings. The van der Waals surface area contributed by atoms with E-state index >= 15 is 0 Å². The van der Waals surface area contributed by atoms with Crippen LogP contribution in [0.5, 0.6) is 5.75 Å². The van der Waals surface area contributed by atoms with Crippen molar-refractivity contribution in [1.82, 2.24) is 4.98 Å². The van der Waals surface area contributed by atoms with Crippen molar-refractivity contribution in [1.29, 1.82) is 0 Å². The molecule has 0 unspecified atom stereocenters. The number of hydrogen-bond donors (Lipinski definition) is 1. The van der Waals surface area contributed by atoms with Crippen LogP contribution in [0.2, 0.25) is 0 Å². The van der Waals surface area contributed by atoms with Crippen LogP contribution in [0.25, 0.3) is 0 Å². The zero-order chi connectivity index (χ0) is 11.2. The predicted octanol–water partition coefficient (Wildman–Crippen LogP) is 3.19. The lowest BCUT2D eigenvalue weighted by atomic mass is 10.2. The van der Waals surface area contributed by atoms with Crippen molar-refractivity contribution in [2.75, 3.05) is 18.5 Å². The fourth-order valence-electron chi connectivity index (χ4n) is 1.27. The molecule has 0 amide bonds. The monoisotopic (exact) mass is 236 g/mol. The second-order valence-electron chi connectivity index (χ2n) is 3.43.